The quantitative estimate of drug-likeness (QED) is 0.690. The molecule has 0 fully saturated rings. The van der Waals surface area contributed by atoms with Crippen molar-refractivity contribution >= 4 is 12.1 Å². The number of carbonyl (C=O) groups is 1. The highest BCUT2D eigenvalue weighted by atomic mass is 16.6. The maximum absolute atomic E-state index is 12.2. The Morgan fingerprint density at radius 2 is 1.80 bits per heavy atom. The van der Waals surface area contributed by atoms with Crippen LogP contribution in [0, 0.1) is 0 Å². The molecule has 1 amide bonds. The molecule has 1 aliphatic heterocycles. The van der Waals surface area contributed by atoms with Gasteiger partial charge in [-0.3, -0.25) is 4.79 Å². The highest BCUT2D eigenvalue weighted by Gasteiger charge is 2.26. The molecule has 2 aromatic rings. The largest absolute Gasteiger partial charge is 0.485 e. The lowest BCUT2D eigenvalue weighted by atomic mass is 9.87. The fraction of sp³-hybridized carbons (Fsp3) is 0.300. The Morgan fingerprint density at radius 1 is 1.12 bits per heavy atom. The Labute approximate surface area is 147 Å². The van der Waals surface area contributed by atoms with Crippen LogP contribution in [-0.2, 0) is 10.2 Å². The average Bonchev–Trinajstić information content (AvgIpc) is 2.61. The molecule has 1 N–H and O–H groups in total. The van der Waals surface area contributed by atoms with Crippen LogP contribution in [0.25, 0.3) is 0 Å². The van der Waals surface area contributed by atoms with E-state index in [-0.39, 0.29) is 17.9 Å². The van der Waals surface area contributed by atoms with E-state index in [0.717, 1.165) is 5.56 Å². The first kappa shape index (κ1) is 17.0. The summed E-state index contributed by atoms with van der Waals surface area (Å²) in [6, 6.07) is 15.4. The molecule has 0 radical (unpaired) electrons. The summed E-state index contributed by atoms with van der Waals surface area (Å²) in [4.78, 5) is 12.2. The minimum Gasteiger partial charge on any atom is -0.485 e. The second-order valence-corrected chi connectivity index (χ2v) is 6.97. The third-order valence-corrected chi connectivity index (χ3v) is 3.97. The number of hydrazone groups is 1. The second-order valence-electron chi connectivity index (χ2n) is 6.97. The summed E-state index contributed by atoms with van der Waals surface area (Å²) in [7, 11) is 0. The lowest BCUT2D eigenvalue weighted by molar-refractivity contribution is -0.130. The monoisotopic (exact) mass is 338 g/mol. The number of rotatable bonds is 3. The maximum Gasteiger partial charge on any atom is 0.284 e. The van der Waals surface area contributed by atoms with Gasteiger partial charge in [-0.2, -0.15) is 5.10 Å². The van der Waals surface area contributed by atoms with E-state index in [0.29, 0.717) is 11.5 Å². The topological polar surface area (TPSA) is 59.9 Å². The van der Waals surface area contributed by atoms with Crippen molar-refractivity contribution in [3.63, 3.8) is 0 Å². The van der Waals surface area contributed by atoms with Gasteiger partial charge in [-0.25, -0.2) is 5.43 Å². The number of ether oxygens (including phenoxy) is 2. The summed E-state index contributed by atoms with van der Waals surface area (Å²) < 4.78 is 11.2. The molecule has 1 unspecified atom stereocenters. The molecular formula is C20H22N2O3. The third kappa shape index (κ3) is 4.18. The standard InChI is InChI=1S/C20H22N2O3/c1-20(2,3)15-10-8-14(9-11-15)12-21-22-19(23)18-13-24-16-6-4-5-7-17(16)25-18/h4-12,18H,13H2,1-3H3,(H,22,23). The van der Waals surface area contributed by atoms with Gasteiger partial charge < -0.3 is 9.47 Å². The molecule has 1 atom stereocenters. The number of fused-ring (bicyclic) bond motifs is 1. The first-order chi connectivity index (χ1) is 11.9. The Morgan fingerprint density at radius 3 is 2.48 bits per heavy atom. The highest BCUT2D eigenvalue weighted by Crippen LogP contribution is 2.30. The summed E-state index contributed by atoms with van der Waals surface area (Å²) in [5.41, 5.74) is 4.78. The molecule has 5 heteroatoms. The molecule has 25 heavy (non-hydrogen) atoms. The zero-order valence-electron chi connectivity index (χ0n) is 14.7. The van der Waals surface area contributed by atoms with Gasteiger partial charge in [0, 0.05) is 0 Å². The van der Waals surface area contributed by atoms with Crippen LogP contribution in [0.4, 0.5) is 0 Å². The first-order valence-electron chi connectivity index (χ1n) is 8.25. The van der Waals surface area contributed by atoms with Crippen LogP contribution in [0.3, 0.4) is 0 Å². The molecule has 1 heterocycles. The molecule has 0 saturated carbocycles. The fourth-order valence-corrected chi connectivity index (χ4v) is 2.46. The summed E-state index contributed by atoms with van der Waals surface area (Å²) in [6.07, 6.45) is 0.900. The number of hydrogen-bond donors (Lipinski definition) is 1. The normalized spacial score (nSPS) is 16.7. The molecular weight excluding hydrogens is 316 g/mol. The maximum atomic E-state index is 12.2. The minimum atomic E-state index is -0.713. The van der Waals surface area contributed by atoms with Crippen molar-refractivity contribution in [3.05, 3.63) is 59.7 Å². The molecule has 0 saturated heterocycles. The molecule has 0 aliphatic carbocycles. The van der Waals surface area contributed by atoms with Crippen molar-refractivity contribution in [1.82, 2.24) is 5.43 Å². The van der Waals surface area contributed by atoms with Crippen molar-refractivity contribution in [2.45, 2.75) is 32.3 Å². The molecule has 5 nitrogen and oxygen atoms in total. The summed E-state index contributed by atoms with van der Waals surface area (Å²) >= 11 is 0. The van der Waals surface area contributed by atoms with Crippen LogP contribution in [0.2, 0.25) is 0 Å². The van der Waals surface area contributed by atoms with E-state index in [1.165, 1.54) is 5.56 Å². The van der Waals surface area contributed by atoms with Crippen molar-refractivity contribution < 1.29 is 14.3 Å². The van der Waals surface area contributed by atoms with E-state index < -0.39 is 6.10 Å². The number of benzene rings is 2. The number of amides is 1. The molecule has 0 bridgehead atoms. The predicted octanol–water partition coefficient (Wildman–Crippen LogP) is 3.27. The molecule has 2 aromatic carbocycles. The number of nitrogens with one attached hydrogen (secondary N) is 1. The first-order valence-corrected chi connectivity index (χ1v) is 8.25. The third-order valence-electron chi connectivity index (χ3n) is 3.97. The Kier molecular flexibility index (Phi) is 4.74. The Balaban J connectivity index is 1.56. The molecule has 130 valence electrons. The SMILES string of the molecule is CC(C)(C)c1ccc(C=NNC(=O)C2COc3ccccc3O2)cc1. The van der Waals surface area contributed by atoms with Crippen LogP contribution in [0.1, 0.15) is 31.9 Å². The van der Waals surface area contributed by atoms with Crippen LogP contribution < -0.4 is 14.9 Å². The van der Waals surface area contributed by atoms with Gasteiger partial charge in [0.25, 0.3) is 5.91 Å². The van der Waals surface area contributed by atoms with Gasteiger partial charge in [0.05, 0.1) is 6.21 Å². The van der Waals surface area contributed by atoms with E-state index >= 15 is 0 Å². The van der Waals surface area contributed by atoms with Crippen molar-refractivity contribution in [3.8, 4) is 11.5 Å². The van der Waals surface area contributed by atoms with Gasteiger partial charge in [0.15, 0.2) is 11.5 Å². The van der Waals surface area contributed by atoms with Gasteiger partial charge in [-0.1, -0.05) is 57.2 Å². The zero-order chi connectivity index (χ0) is 17.9. The number of hydrogen-bond acceptors (Lipinski definition) is 4. The van der Waals surface area contributed by atoms with Gasteiger partial charge in [-0.05, 0) is 28.7 Å². The summed E-state index contributed by atoms with van der Waals surface area (Å²) in [5, 5.41) is 4.00. The van der Waals surface area contributed by atoms with E-state index in [4.69, 9.17) is 9.47 Å². The molecule has 0 aromatic heterocycles. The zero-order valence-corrected chi connectivity index (χ0v) is 14.7. The van der Waals surface area contributed by atoms with Crippen LogP contribution in [0.15, 0.2) is 53.6 Å². The predicted molar refractivity (Wildman–Crippen MR) is 97.2 cm³/mol. The van der Waals surface area contributed by atoms with Crippen LogP contribution >= 0.6 is 0 Å². The summed E-state index contributed by atoms with van der Waals surface area (Å²) in [5.74, 6) is 0.877. The summed E-state index contributed by atoms with van der Waals surface area (Å²) in [6.45, 7) is 6.67. The van der Waals surface area contributed by atoms with Crippen molar-refractivity contribution in [1.29, 1.82) is 0 Å². The molecule has 3 rings (SSSR count). The number of nitrogens with zero attached hydrogens (tertiary/aromatic N) is 1. The van der Waals surface area contributed by atoms with Crippen molar-refractivity contribution in [2.24, 2.45) is 5.10 Å². The van der Waals surface area contributed by atoms with Gasteiger partial charge in [0.1, 0.15) is 6.61 Å². The molecule has 1 aliphatic rings. The number of para-hydroxylation sites is 2. The smallest absolute Gasteiger partial charge is 0.284 e. The second kappa shape index (κ2) is 6.97. The Hall–Kier alpha value is -2.82. The molecule has 0 spiro atoms. The van der Waals surface area contributed by atoms with Crippen LogP contribution in [0.5, 0.6) is 11.5 Å². The van der Waals surface area contributed by atoms with Crippen LogP contribution in [-0.4, -0.2) is 24.8 Å². The fourth-order valence-electron chi connectivity index (χ4n) is 2.46. The lowest BCUT2D eigenvalue weighted by Gasteiger charge is -2.24. The Bertz CT molecular complexity index is 776. The van der Waals surface area contributed by atoms with Gasteiger partial charge >= 0.3 is 0 Å². The van der Waals surface area contributed by atoms with E-state index in [1.54, 1.807) is 12.3 Å². The van der Waals surface area contributed by atoms with Gasteiger partial charge in [0.2, 0.25) is 6.10 Å². The lowest BCUT2D eigenvalue weighted by Crippen LogP contribution is -2.42. The van der Waals surface area contributed by atoms with E-state index in [9.17, 15) is 4.79 Å². The number of carbonyl (C=O) groups excluding carboxylic acids is 1. The minimum absolute atomic E-state index is 0.110. The van der Waals surface area contributed by atoms with E-state index in [1.807, 2.05) is 30.3 Å². The van der Waals surface area contributed by atoms with E-state index in [2.05, 4.69) is 43.4 Å². The average molecular weight is 338 g/mol. The highest BCUT2D eigenvalue weighted by molar-refractivity contribution is 5.85. The van der Waals surface area contributed by atoms with Crippen molar-refractivity contribution in [2.75, 3.05) is 6.61 Å². The van der Waals surface area contributed by atoms with Gasteiger partial charge in [-0.15, -0.1) is 0 Å².